The van der Waals surface area contributed by atoms with Gasteiger partial charge in [-0.2, -0.15) is 0 Å². The fourth-order valence-corrected chi connectivity index (χ4v) is 3.16. The van der Waals surface area contributed by atoms with Crippen molar-refractivity contribution in [2.75, 3.05) is 13.6 Å². The van der Waals surface area contributed by atoms with Crippen molar-refractivity contribution >= 4 is 5.97 Å². The van der Waals surface area contributed by atoms with E-state index in [1.165, 1.54) is 19.3 Å². The number of hydrogen-bond acceptors (Lipinski definition) is 2. The molecule has 0 aromatic rings. The fourth-order valence-electron chi connectivity index (χ4n) is 3.16. The Kier molecular flexibility index (Phi) is 5.26. The molecule has 1 aliphatic carbocycles. The average molecular weight is 227 g/mol. The zero-order valence-electron chi connectivity index (χ0n) is 10.8. The van der Waals surface area contributed by atoms with Gasteiger partial charge in [-0.05, 0) is 44.7 Å². The van der Waals surface area contributed by atoms with E-state index in [1.54, 1.807) is 0 Å². The summed E-state index contributed by atoms with van der Waals surface area (Å²) in [4.78, 5) is 12.8. The lowest BCUT2D eigenvalue weighted by Gasteiger charge is -2.41. The maximum atomic E-state index is 10.5. The third-order valence-electron chi connectivity index (χ3n) is 3.90. The molecule has 0 radical (unpaired) electrons. The average Bonchev–Trinajstić information content (AvgIpc) is 2.16. The Balaban J connectivity index is 2.38. The van der Waals surface area contributed by atoms with Gasteiger partial charge in [-0.3, -0.25) is 4.79 Å². The minimum atomic E-state index is -0.682. The summed E-state index contributed by atoms with van der Waals surface area (Å²) < 4.78 is 0. The smallest absolute Gasteiger partial charge is 0.303 e. The van der Waals surface area contributed by atoms with Gasteiger partial charge in [0, 0.05) is 12.5 Å². The Morgan fingerprint density at radius 2 is 1.88 bits per heavy atom. The Labute approximate surface area is 98.8 Å². The molecule has 0 bridgehead atoms. The monoisotopic (exact) mass is 227 g/mol. The highest BCUT2D eigenvalue weighted by atomic mass is 16.4. The van der Waals surface area contributed by atoms with E-state index in [4.69, 9.17) is 5.11 Å². The Bertz CT molecular complexity index is 220. The number of carboxylic acid groups (broad SMARTS) is 1. The van der Waals surface area contributed by atoms with E-state index in [2.05, 4.69) is 25.8 Å². The van der Waals surface area contributed by atoms with Crippen LogP contribution in [0.25, 0.3) is 0 Å². The summed E-state index contributed by atoms with van der Waals surface area (Å²) in [6.45, 7) is 5.56. The lowest BCUT2D eigenvalue weighted by molar-refractivity contribution is -0.137. The number of hydrogen-bond donors (Lipinski definition) is 1. The van der Waals surface area contributed by atoms with Crippen LogP contribution in [0.15, 0.2) is 0 Å². The molecule has 0 heterocycles. The van der Waals surface area contributed by atoms with E-state index in [9.17, 15) is 4.79 Å². The summed E-state index contributed by atoms with van der Waals surface area (Å²) in [6.07, 6.45) is 5.04. The maximum Gasteiger partial charge on any atom is 0.303 e. The van der Waals surface area contributed by atoms with Crippen LogP contribution < -0.4 is 0 Å². The minimum Gasteiger partial charge on any atom is -0.481 e. The van der Waals surface area contributed by atoms with Crippen LogP contribution in [0.1, 0.15) is 46.0 Å². The predicted octanol–water partition coefficient (Wildman–Crippen LogP) is 2.61. The second kappa shape index (κ2) is 6.24. The summed E-state index contributed by atoms with van der Waals surface area (Å²) in [5, 5.41) is 8.62. The maximum absolute atomic E-state index is 10.5. The number of nitrogens with zero attached hydrogens (tertiary/aromatic N) is 1. The van der Waals surface area contributed by atoms with Gasteiger partial charge in [0.25, 0.3) is 0 Å². The van der Waals surface area contributed by atoms with Crippen molar-refractivity contribution in [1.29, 1.82) is 0 Å². The Morgan fingerprint density at radius 1 is 1.31 bits per heavy atom. The van der Waals surface area contributed by atoms with Crippen LogP contribution in [0.2, 0.25) is 0 Å². The second-order valence-corrected chi connectivity index (χ2v) is 5.35. The number of carboxylic acids is 1. The molecule has 0 aromatic carbocycles. The van der Waals surface area contributed by atoms with E-state index in [0.29, 0.717) is 12.5 Å². The zero-order valence-corrected chi connectivity index (χ0v) is 10.8. The Hall–Kier alpha value is -0.570. The molecule has 94 valence electrons. The first kappa shape index (κ1) is 13.5. The lowest BCUT2D eigenvalue weighted by Crippen LogP contribution is -2.44. The van der Waals surface area contributed by atoms with Crippen molar-refractivity contribution in [2.45, 2.75) is 52.0 Å². The van der Waals surface area contributed by atoms with Crippen LogP contribution >= 0.6 is 0 Å². The molecular weight excluding hydrogens is 202 g/mol. The molecule has 1 N–H and O–H groups in total. The van der Waals surface area contributed by atoms with Crippen LogP contribution in [-0.4, -0.2) is 35.6 Å². The largest absolute Gasteiger partial charge is 0.481 e. The topological polar surface area (TPSA) is 40.5 Å². The first-order valence-corrected chi connectivity index (χ1v) is 6.44. The minimum absolute atomic E-state index is 0.291. The first-order chi connectivity index (χ1) is 7.52. The molecule has 1 saturated carbocycles. The molecule has 3 heteroatoms. The molecule has 1 rings (SSSR count). The molecule has 3 nitrogen and oxygen atoms in total. The summed E-state index contributed by atoms with van der Waals surface area (Å²) in [6, 6.07) is 0.641. The summed E-state index contributed by atoms with van der Waals surface area (Å²) >= 11 is 0. The number of aliphatic carboxylic acids is 1. The van der Waals surface area contributed by atoms with Gasteiger partial charge in [-0.15, -0.1) is 0 Å². The second-order valence-electron chi connectivity index (χ2n) is 5.35. The molecular formula is C13H25NO2. The molecule has 16 heavy (non-hydrogen) atoms. The van der Waals surface area contributed by atoms with Crippen molar-refractivity contribution in [3.05, 3.63) is 0 Å². The standard InChI is InChI=1S/C13H25NO2/c1-10-6-4-7-11(2)13(10)14(3)9-5-8-12(15)16/h10-11,13H,4-9H2,1-3H3,(H,15,16). The van der Waals surface area contributed by atoms with Crippen LogP contribution in [0.4, 0.5) is 0 Å². The van der Waals surface area contributed by atoms with Gasteiger partial charge in [0.1, 0.15) is 0 Å². The lowest BCUT2D eigenvalue weighted by atomic mass is 9.78. The number of carbonyl (C=O) groups is 1. The van der Waals surface area contributed by atoms with Crippen LogP contribution in [0.3, 0.4) is 0 Å². The predicted molar refractivity (Wildman–Crippen MR) is 65.5 cm³/mol. The molecule has 0 saturated heterocycles. The summed E-state index contributed by atoms with van der Waals surface area (Å²) in [5.74, 6) is 0.815. The van der Waals surface area contributed by atoms with Crippen molar-refractivity contribution < 1.29 is 9.90 Å². The highest BCUT2D eigenvalue weighted by Gasteiger charge is 2.30. The van der Waals surface area contributed by atoms with Crippen LogP contribution in [0.5, 0.6) is 0 Å². The van der Waals surface area contributed by atoms with E-state index in [0.717, 1.165) is 24.8 Å². The Morgan fingerprint density at radius 3 is 2.38 bits per heavy atom. The third-order valence-corrected chi connectivity index (χ3v) is 3.90. The molecule has 1 fully saturated rings. The van der Waals surface area contributed by atoms with Gasteiger partial charge < -0.3 is 10.0 Å². The van der Waals surface area contributed by atoms with E-state index in [1.807, 2.05) is 0 Å². The van der Waals surface area contributed by atoms with E-state index < -0.39 is 5.97 Å². The summed E-state index contributed by atoms with van der Waals surface area (Å²) in [5.41, 5.74) is 0. The quantitative estimate of drug-likeness (QED) is 0.785. The first-order valence-electron chi connectivity index (χ1n) is 6.44. The van der Waals surface area contributed by atoms with E-state index in [-0.39, 0.29) is 0 Å². The highest BCUT2D eigenvalue weighted by molar-refractivity contribution is 5.66. The van der Waals surface area contributed by atoms with E-state index >= 15 is 0 Å². The molecule has 0 aliphatic heterocycles. The molecule has 0 spiro atoms. The number of rotatable bonds is 5. The third kappa shape index (κ3) is 3.78. The van der Waals surface area contributed by atoms with Gasteiger partial charge in [0.2, 0.25) is 0 Å². The highest BCUT2D eigenvalue weighted by Crippen LogP contribution is 2.32. The van der Waals surface area contributed by atoms with Gasteiger partial charge in [0.15, 0.2) is 0 Å². The fraction of sp³-hybridized carbons (Fsp3) is 0.923. The van der Waals surface area contributed by atoms with Crippen molar-refractivity contribution in [3.8, 4) is 0 Å². The summed E-state index contributed by atoms with van der Waals surface area (Å²) in [7, 11) is 2.14. The van der Waals surface area contributed by atoms with Crippen LogP contribution in [0, 0.1) is 11.8 Å². The van der Waals surface area contributed by atoms with Crippen LogP contribution in [-0.2, 0) is 4.79 Å². The molecule has 1 aliphatic rings. The molecule has 2 atom stereocenters. The van der Waals surface area contributed by atoms with Crippen molar-refractivity contribution in [1.82, 2.24) is 4.90 Å². The normalized spacial score (nSPS) is 30.6. The van der Waals surface area contributed by atoms with Gasteiger partial charge in [-0.1, -0.05) is 20.3 Å². The molecule has 0 amide bonds. The SMILES string of the molecule is CC1CCCC(C)C1N(C)CCCC(=O)O. The molecule has 0 aromatic heterocycles. The van der Waals surface area contributed by atoms with Gasteiger partial charge >= 0.3 is 5.97 Å². The zero-order chi connectivity index (χ0) is 12.1. The van der Waals surface area contributed by atoms with Gasteiger partial charge in [0.05, 0.1) is 0 Å². The van der Waals surface area contributed by atoms with Crippen molar-refractivity contribution in [3.63, 3.8) is 0 Å². The van der Waals surface area contributed by atoms with Gasteiger partial charge in [-0.25, -0.2) is 0 Å². The van der Waals surface area contributed by atoms with Crippen molar-refractivity contribution in [2.24, 2.45) is 11.8 Å². The molecule has 2 unspecified atom stereocenters.